The molecule has 1 aromatic rings. The van der Waals surface area contributed by atoms with Crippen LogP contribution in [0.5, 0.6) is 0 Å². The largest absolute Gasteiger partial charge is 0.480 e. The summed E-state index contributed by atoms with van der Waals surface area (Å²) in [7, 11) is -0.276. The predicted molar refractivity (Wildman–Crippen MR) is 138 cm³/mol. The van der Waals surface area contributed by atoms with Crippen molar-refractivity contribution in [3.63, 3.8) is 0 Å². The monoisotopic (exact) mass is 510 g/mol. The van der Waals surface area contributed by atoms with Gasteiger partial charge in [0.15, 0.2) is 0 Å². The molecule has 200 valence electrons. The first-order valence-corrected chi connectivity index (χ1v) is 13.9. The summed E-state index contributed by atoms with van der Waals surface area (Å²) in [6.45, 7) is 8.62. The van der Waals surface area contributed by atoms with E-state index < -0.39 is 23.5 Å². The van der Waals surface area contributed by atoms with Gasteiger partial charge in [0, 0.05) is 24.5 Å². The molecule has 8 nitrogen and oxygen atoms in total. The molecule has 3 saturated heterocycles. The smallest absolute Gasteiger partial charge is 0.457 e. The third-order valence-electron chi connectivity index (χ3n) is 11.0. The van der Waals surface area contributed by atoms with Crippen LogP contribution in [0.4, 0.5) is 4.79 Å². The summed E-state index contributed by atoms with van der Waals surface area (Å²) >= 11 is 0. The molecule has 0 aromatic heterocycles. The number of carboxylic acid groups (broad SMARTS) is 2. The number of amides is 1. The summed E-state index contributed by atoms with van der Waals surface area (Å²) in [6, 6.07) is 8.97. The molecule has 1 aromatic carbocycles. The number of hydrogen-bond acceptors (Lipinski definition) is 5. The molecule has 6 aliphatic rings. The average Bonchev–Trinajstić information content (AvgIpc) is 3.47. The molecule has 0 radical (unpaired) electrons. The molecule has 7 rings (SSSR count). The Kier molecular flexibility index (Phi) is 5.93. The van der Waals surface area contributed by atoms with Gasteiger partial charge in [-0.25, -0.2) is 9.59 Å². The molecular formula is C28H39BN2O6. The lowest BCUT2D eigenvalue weighted by Crippen LogP contribution is -2.65. The van der Waals surface area contributed by atoms with E-state index in [1.807, 2.05) is 18.2 Å². The van der Waals surface area contributed by atoms with E-state index in [4.69, 9.17) is 9.31 Å². The first kappa shape index (κ1) is 25.2. The molecule has 3 aliphatic heterocycles. The Hall–Kier alpha value is -2.10. The summed E-state index contributed by atoms with van der Waals surface area (Å²) in [5.74, 6) is 0.164. The van der Waals surface area contributed by atoms with Crippen molar-refractivity contribution in [1.82, 2.24) is 9.80 Å². The zero-order valence-corrected chi connectivity index (χ0v) is 22.1. The Morgan fingerprint density at radius 2 is 1.89 bits per heavy atom. The Labute approximate surface area is 219 Å². The SMILES string of the molecule is CC1(C)[C@@H]2C[C@H]3OB(CCCC45CCN(Cc6ccccc6)C4CN(C(=O)O)[C@@H]5C(=O)O)O[C@@]3(C)[C@H]1C2. The van der Waals surface area contributed by atoms with E-state index in [-0.39, 0.29) is 31.4 Å². The van der Waals surface area contributed by atoms with Crippen LogP contribution >= 0.6 is 0 Å². The minimum absolute atomic E-state index is 0.122. The van der Waals surface area contributed by atoms with Crippen molar-refractivity contribution in [3.05, 3.63) is 35.9 Å². The molecule has 3 saturated carbocycles. The van der Waals surface area contributed by atoms with Gasteiger partial charge in [-0.15, -0.1) is 0 Å². The van der Waals surface area contributed by atoms with E-state index >= 15 is 0 Å². The van der Waals surface area contributed by atoms with Crippen LogP contribution in [0.25, 0.3) is 0 Å². The van der Waals surface area contributed by atoms with Gasteiger partial charge in [0.25, 0.3) is 0 Å². The fraction of sp³-hybridized carbons (Fsp3) is 0.714. The number of nitrogens with zero attached hydrogens (tertiary/aromatic N) is 2. The van der Waals surface area contributed by atoms with Crippen molar-refractivity contribution in [2.24, 2.45) is 22.7 Å². The third kappa shape index (κ3) is 3.75. The van der Waals surface area contributed by atoms with Crippen molar-refractivity contribution in [1.29, 1.82) is 0 Å². The summed E-state index contributed by atoms with van der Waals surface area (Å²) in [6.07, 6.45) is 4.02. The Morgan fingerprint density at radius 1 is 1.14 bits per heavy atom. The number of fused-ring (bicyclic) bond motifs is 1. The molecule has 9 heteroatoms. The first-order valence-electron chi connectivity index (χ1n) is 13.9. The number of carboxylic acids is 1. The quantitative estimate of drug-likeness (QED) is 0.531. The topological polar surface area (TPSA) is 99.5 Å². The van der Waals surface area contributed by atoms with Crippen LogP contribution in [0.15, 0.2) is 30.3 Å². The van der Waals surface area contributed by atoms with Crippen LogP contribution in [-0.2, 0) is 20.6 Å². The number of carbonyl (C=O) groups is 2. The number of aliphatic carboxylic acids is 1. The maximum Gasteiger partial charge on any atom is 0.457 e. The normalized spacial score (nSPS) is 39.8. The van der Waals surface area contributed by atoms with E-state index in [0.717, 1.165) is 29.8 Å². The molecule has 7 atom stereocenters. The number of rotatable bonds is 7. The zero-order chi connectivity index (χ0) is 26.2. The maximum atomic E-state index is 12.5. The fourth-order valence-electron chi connectivity index (χ4n) is 8.93. The van der Waals surface area contributed by atoms with E-state index in [9.17, 15) is 19.8 Å². The van der Waals surface area contributed by atoms with Crippen LogP contribution in [-0.4, -0.2) is 76.1 Å². The molecule has 1 amide bonds. The number of hydrogen-bond donors (Lipinski definition) is 2. The second-order valence-corrected chi connectivity index (χ2v) is 12.9. The lowest BCUT2D eigenvalue weighted by molar-refractivity contribution is -0.199. The second-order valence-electron chi connectivity index (χ2n) is 12.9. The molecule has 2 bridgehead atoms. The van der Waals surface area contributed by atoms with Crippen LogP contribution in [0.3, 0.4) is 0 Å². The summed E-state index contributed by atoms with van der Waals surface area (Å²) in [5, 5.41) is 20.1. The minimum atomic E-state index is -1.15. The van der Waals surface area contributed by atoms with E-state index in [1.165, 1.54) is 6.42 Å². The van der Waals surface area contributed by atoms with Gasteiger partial charge in [-0.2, -0.15) is 0 Å². The van der Waals surface area contributed by atoms with Gasteiger partial charge < -0.3 is 19.5 Å². The molecule has 0 spiro atoms. The predicted octanol–water partition coefficient (Wildman–Crippen LogP) is 4.20. The average molecular weight is 510 g/mol. The second kappa shape index (κ2) is 8.71. The first-order chi connectivity index (χ1) is 17.6. The lowest BCUT2D eigenvalue weighted by atomic mass is 9.43. The van der Waals surface area contributed by atoms with Gasteiger partial charge in [0.1, 0.15) is 6.04 Å². The summed E-state index contributed by atoms with van der Waals surface area (Å²) < 4.78 is 13.0. The van der Waals surface area contributed by atoms with Crippen LogP contribution in [0, 0.1) is 22.7 Å². The molecule has 2 N–H and O–H groups in total. The molecular weight excluding hydrogens is 471 g/mol. The van der Waals surface area contributed by atoms with Crippen LogP contribution in [0.2, 0.25) is 6.32 Å². The highest BCUT2D eigenvalue weighted by Gasteiger charge is 2.68. The van der Waals surface area contributed by atoms with Crippen molar-refractivity contribution in [3.8, 4) is 0 Å². The third-order valence-corrected chi connectivity index (χ3v) is 11.0. The number of benzene rings is 1. The highest BCUT2D eigenvalue weighted by Crippen LogP contribution is 2.66. The fourth-order valence-corrected chi connectivity index (χ4v) is 8.93. The minimum Gasteiger partial charge on any atom is -0.480 e. The summed E-state index contributed by atoms with van der Waals surface area (Å²) in [5.41, 5.74) is 0.586. The van der Waals surface area contributed by atoms with Gasteiger partial charge in [0.05, 0.1) is 11.7 Å². The van der Waals surface area contributed by atoms with Gasteiger partial charge >= 0.3 is 19.2 Å². The Balaban J connectivity index is 1.17. The van der Waals surface area contributed by atoms with Gasteiger partial charge in [-0.05, 0) is 68.3 Å². The van der Waals surface area contributed by atoms with E-state index in [0.29, 0.717) is 43.0 Å². The van der Waals surface area contributed by atoms with Crippen molar-refractivity contribution >= 4 is 19.2 Å². The summed E-state index contributed by atoms with van der Waals surface area (Å²) in [4.78, 5) is 28.1. The van der Waals surface area contributed by atoms with E-state index in [1.54, 1.807) is 0 Å². The zero-order valence-electron chi connectivity index (χ0n) is 22.1. The number of likely N-dealkylation sites (tertiary alicyclic amines) is 2. The van der Waals surface area contributed by atoms with Gasteiger partial charge in [0.2, 0.25) is 0 Å². The molecule has 3 heterocycles. The highest BCUT2D eigenvalue weighted by atomic mass is 16.7. The molecule has 2 unspecified atom stereocenters. The lowest BCUT2D eigenvalue weighted by Gasteiger charge is -2.64. The van der Waals surface area contributed by atoms with Gasteiger partial charge in [-0.3, -0.25) is 9.80 Å². The maximum absolute atomic E-state index is 12.5. The standard InChI is InChI=1S/C28H39BN2O6/c1-26(2)19-14-20(26)27(3)22(15-19)36-29(37-27)12-7-10-28-11-13-30(16-18-8-5-4-6-9-18)21(28)17-31(25(34)35)23(28)24(32)33/h4-6,8-9,19-23H,7,10-17H2,1-3H3,(H,32,33)(H,34,35)/t19-,20-,21?,22+,23+,27-,28?/m0/s1. The van der Waals surface area contributed by atoms with Crippen LogP contribution in [0.1, 0.15) is 58.4 Å². The van der Waals surface area contributed by atoms with Crippen molar-refractivity contribution in [2.75, 3.05) is 13.1 Å². The van der Waals surface area contributed by atoms with E-state index in [2.05, 4.69) is 37.8 Å². The molecule has 37 heavy (non-hydrogen) atoms. The van der Waals surface area contributed by atoms with Gasteiger partial charge in [-0.1, -0.05) is 50.6 Å². The van der Waals surface area contributed by atoms with Crippen molar-refractivity contribution in [2.45, 2.75) is 89.5 Å². The Morgan fingerprint density at radius 3 is 2.57 bits per heavy atom. The Bertz CT molecular complexity index is 1070. The highest BCUT2D eigenvalue weighted by molar-refractivity contribution is 6.45. The molecule has 3 aliphatic carbocycles. The van der Waals surface area contributed by atoms with Crippen LogP contribution < -0.4 is 0 Å². The van der Waals surface area contributed by atoms with Crippen molar-refractivity contribution < 1.29 is 29.1 Å². The molecule has 6 fully saturated rings.